The number of fused-ring (bicyclic) bond motifs is 1. The average Bonchev–Trinajstić information content (AvgIpc) is 3.06. The number of hydrogen-bond donors (Lipinski definition) is 2. The molecule has 0 bridgehead atoms. The van der Waals surface area contributed by atoms with E-state index in [0.29, 0.717) is 5.75 Å². The van der Waals surface area contributed by atoms with Crippen LogP contribution in [0.15, 0.2) is 65.9 Å². The Morgan fingerprint density at radius 3 is 2.82 bits per heavy atom. The third-order valence-corrected chi connectivity index (χ3v) is 3.11. The predicted molar refractivity (Wildman–Crippen MR) is 86.0 cm³/mol. The third-order valence-electron chi connectivity index (χ3n) is 3.11. The Bertz CT molecular complexity index is 795. The van der Waals surface area contributed by atoms with Crippen LogP contribution in [0.1, 0.15) is 5.69 Å². The smallest absolute Gasteiger partial charge is 0.277 e. The van der Waals surface area contributed by atoms with Crippen molar-refractivity contribution in [3.8, 4) is 5.75 Å². The SMILES string of the molecule is O=C(COc1ccc2ccccc2c1)NN=Cc1ccc[nH]1. The van der Waals surface area contributed by atoms with Crippen LogP contribution in [0.3, 0.4) is 0 Å². The lowest BCUT2D eigenvalue weighted by molar-refractivity contribution is -0.123. The van der Waals surface area contributed by atoms with Crippen molar-refractivity contribution in [1.29, 1.82) is 0 Å². The summed E-state index contributed by atoms with van der Waals surface area (Å²) in [4.78, 5) is 14.6. The van der Waals surface area contributed by atoms with E-state index in [4.69, 9.17) is 4.74 Å². The van der Waals surface area contributed by atoms with Gasteiger partial charge in [-0.25, -0.2) is 5.43 Å². The molecule has 2 N–H and O–H groups in total. The van der Waals surface area contributed by atoms with Gasteiger partial charge in [-0.05, 0) is 35.0 Å². The van der Waals surface area contributed by atoms with Gasteiger partial charge in [0.2, 0.25) is 0 Å². The van der Waals surface area contributed by atoms with Crippen molar-refractivity contribution >= 4 is 22.9 Å². The van der Waals surface area contributed by atoms with E-state index in [2.05, 4.69) is 15.5 Å². The Labute approximate surface area is 127 Å². The Balaban J connectivity index is 1.53. The molecule has 0 aliphatic rings. The summed E-state index contributed by atoms with van der Waals surface area (Å²) < 4.78 is 5.47. The van der Waals surface area contributed by atoms with E-state index in [1.807, 2.05) is 54.6 Å². The van der Waals surface area contributed by atoms with Crippen LogP contribution in [-0.2, 0) is 4.79 Å². The number of carbonyl (C=O) groups is 1. The summed E-state index contributed by atoms with van der Waals surface area (Å²) in [6, 6.07) is 17.4. The van der Waals surface area contributed by atoms with Gasteiger partial charge in [0.05, 0.1) is 11.9 Å². The number of amides is 1. The number of benzene rings is 2. The van der Waals surface area contributed by atoms with Gasteiger partial charge in [-0.2, -0.15) is 5.10 Å². The van der Waals surface area contributed by atoms with Crippen LogP contribution in [0.2, 0.25) is 0 Å². The fraction of sp³-hybridized carbons (Fsp3) is 0.0588. The van der Waals surface area contributed by atoms with Crippen molar-refractivity contribution in [3.05, 3.63) is 66.5 Å². The highest BCUT2D eigenvalue weighted by atomic mass is 16.5. The molecule has 0 saturated carbocycles. The van der Waals surface area contributed by atoms with Gasteiger partial charge in [0.1, 0.15) is 5.75 Å². The number of nitrogens with one attached hydrogen (secondary N) is 2. The molecule has 0 radical (unpaired) electrons. The summed E-state index contributed by atoms with van der Waals surface area (Å²) in [5, 5.41) is 6.05. The van der Waals surface area contributed by atoms with Crippen LogP contribution in [0.5, 0.6) is 5.75 Å². The summed E-state index contributed by atoms with van der Waals surface area (Å²) in [5.74, 6) is 0.346. The predicted octanol–water partition coefficient (Wildman–Crippen LogP) is 2.70. The van der Waals surface area contributed by atoms with Gasteiger partial charge in [0.15, 0.2) is 6.61 Å². The molecular weight excluding hydrogens is 278 g/mol. The van der Waals surface area contributed by atoms with Crippen LogP contribution >= 0.6 is 0 Å². The highest BCUT2D eigenvalue weighted by Crippen LogP contribution is 2.20. The zero-order chi connectivity index (χ0) is 15.2. The first-order chi connectivity index (χ1) is 10.8. The van der Waals surface area contributed by atoms with Crippen molar-refractivity contribution in [2.75, 3.05) is 6.61 Å². The summed E-state index contributed by atoms with van der Waals surface area (Å²) in [5.41, 5.74) is 3.23. The van der Waals surface area contributed by atoms with Gasteiger partial charge in [-0.15, -0.1) is 0 Å². The molecule has 5 heteroatoms. The topological polar surface area (TPSA) is 66.5 Å². The zero-order valence-electron chi connectivity index (χ0n) is 11.8. The second-order valence-electron chi connectivity index (χ2n) is 4.72. The molecule has 2 aromatic carbocycles. The lowest BCUT2D eigenvalue weighted by atomic mass is 10.1. The maximum atomic E-state index is 11.6. The van der Waals surface area contributed by atoms with E-state index in [1.165, 1.54) is 6.21 Å². The fourth-order valence-electron chi connectivity index (χ4n) is 2.04. The van der Waals surface area contributed by atoms with E-state index in [9.17, 15) is 4.79 Å². The van der Waals surface area contributed by atoms with Crippen LogP contribution in [-0.4, -0.2) is 23.7 Å². The van der Waals surface area contributed by atoms with E-state index in [0.717, 1.165) is 16.5 Å². The molecule has 0 unspecified atom stereocenters. The molecule has 0 saturated heterocycles. The molecular formula is C17H15N3O2. The Morgan fingerprint density at radius 1 is 1.14 bits per heavy atom. The molecule has 0 fully saturated rings. The molecule has 3 aromatic rings. The lowest BCUT2D eigenvalue weighted by Crippen LogP contribution is -2.24. The minimum absolute atomic E-state index is 0.0829. The molecule has 0 aliphatic carbocycles. The first-order valence-electron chi connectivity index (χ1n) is 6.88. The number of H-pyrrole nitrogens is 1. The number of carbonyl (C=O) groups excluding carboxylic acids is 1. The van der Waals surface area contributed by atoms with Crippen molar-refractivity contribution in [3.63, 3.8) is 0 Å². The van der Waals surface area contributed by atoms with Gasteiger partial charge in [0, 0.05) is 6.20 Å². The van der Waals surface area contributed by atoms with Crippen LogP contribution in [0, 0.1) is 0 Å². The van der Waals surface area contributed by atoms with E-state index < -0.39 is 0 Å². The second kappa shape index (κ2) is 6.58. The number of aromatic nitrogens is 1. The van der Waals surface area contributed by atoms with Gasteiger partial charge in [0.25, 0.3) is 5.91 Å². The Kier molecular flexibility index (Phi) is 4.15. The molecule has 1 amide bonds. The van der Waals surface area contributed by atoms with Crippen LogP contribution < -0.4 is 10.2 Å². The Hall–Kier alpha value is -3.08. The third kappa shape index (κ3) is 3.52. The maximum absolute atomic E-state index is 11.6. The van der Waals surface area contributed by atoms with Gasteiger partial charge < -0.3 is 9.72 Å². The molecule has 3 rings (SSSR count). The molecule has 0 spiro atoms. The van der Waals surface area contributed by atoms with Gasteiger partial charge in [-0.1, -0.05) is 30.3 Å². The monoisotopic (exact) mass is 293 g/mol. The summed E-state index contributed by atoms with van der Waals surface area (Å²) >= 11 is 0. The Morgan fingerprint density at radius 2 is 2.00 bits per heavy atom. The van der Waals surface area contributed by atoms with E-state index in [-0.39, 0.29) is 12.5 Å². The number of nitrogens with zero attached hydrogens (tertiary/aromatic N) is 1. The standard InChI is InChI=1S/C17H15N3O2/c21-17(20-19-11-15-6-3-9-18-15)12-22-16-8-7-13-4-1-2-5-14(13)10-16/h1-11,18H,12H2,(H,20,21). The van der Waals surface area contributed by atoms with Crippen molar-refractivity contribution in [2.45, 2.75) is 0 Å². The number of hydrazone groups is 1. The highest BCUT2D eigenvalue weighted by Gasteiger charge is 2.02. The fourth-order valence-corrected chi connectivity index (χ4v) is 2.04. The van der Waals surface area contributed by atoms with Gasteiger partial charge >= 0.3 is 0 Å². The highest BCUT2D eigenvalue weighted by molar-refractivity contribution is 5.84. The summed E-state index contributed by atoms with van der Waals surface area (Å²) in [6.07, 6.45) is 3.32. The van der Waals surface area contributed by atoms with Crippen LogP contribution in [0.4, 0.5) is 0 Å². The summed E-state index contributed by atoms with van der Waals surface area (Å²) in [7, 11) is 0. The zero-order valence-corrected chi connectivity index (χ0v) is 11.8. The first kappa shape index (κ1) is 13.9. The van der Waals surface area contributed by atoms with E-state index >= 15 is 0 Å². The molecule has 1 aromatic heterocycles. The maximum Gasteiger partial charge on any atom is 0.277 e. The molecule has 1 heterocycles. The number of rotatable bonds is 5. The minimum atomic E-state index is -0.309. The lowest BCUT2D eigenvalue weighted by Gasteiger charge is -2.06. The quantitative estimate of drug-likeness (QED) is 0.561. The molecule has 22 heavy (non-hydrogen) atoms. The second-order valence-corrected chi connectivity index (χ2v) is 4.72. The van der Waals surface area contributed by atoms with Crippen LogP contribution in [0.25, 0.3) is 10.8 Å². The van der Waals surface area contributed by atoms with E-state index in [1.54, 1.807) is 6.20 Å². The van der Waals surface area contributed by atoms with Crippen molar-refractivity contribution in [2.24, 2.45) is 5.10 Å². The van der Waals surface area contributed by atoms with Crippen molar-refractivity contribution < 1.29 is 9.53 Å². The number of ether oxygens (including phenoxy) is 1. The van der Waals surface area contributed by atoms with Crippen molar-refractivity contribution in [1.82, 2.24) is 10.4 Å². The average molecular weight is 293 g/mol. The minimum Gasteiger partial charge on any atom is -0.484 e. The first-order valence-corrected chi connectivity index (χ1v) is 6.88. The molecule has 0 atom stereocenters. The van der Waals surface area contributed by atoms with Gasteiger partial charge in [-0.3, -0.25) is 4.79 Å². The number of aromatic amines is 1. The summed E-state index contributed by atoms with van der Waals surface area (Å²) in [6.45, 7) is -0.0829. The normalized spacial score (nSPS) is 10.9. The molecule has 5 nitrogen and oxygen atoms in total. The molecule has 0 aliphatic heterocycles. The molecule has 110 valence electrons. The largest absolute Gasteiger partial charge is 0.484 e. The number of hydrogen-bond acceptors (Lipinski definition) is 3.